The number of benzene rings is 1. The largest absolute Gasteiger partial charge is 0.506 e. The first-order valence-electron chi connectivity index (χ1n) is 5.12. The molecule has 0 spiro atoms. The summed E-state index contributed by atoms with van der Waals surface area (Å²) in [7, 11) is 0. The molecule has 1 aromatic heterocycles. The minimum Gasteiger partial charge on any atom is -0.506 e. The lowest BCUT2D eigenvalue weighted by atomic mass is 10.1. The van der Waals surface area contributed by atoms with E-state index >= 15 is 0 Å². The van der Waals surface area contributed by atoms with E-state index in [4.69, 9.17) is 34.8 Å². The highest BCUT2D eigenvalue weighted by molar-refractivity contribution is 6.44. The highest BCUT2D eigenvalue weighted by Crippen LogP contribution is 2.39. The van der Waals surface area contributed by atoms with Crippen molar-refractivity contribution in [1.29, 1.82) is 0 Å². The van der Waals surface area contributed by atoms with Gasteiger partial charge in [-0.05, 0) is 24.3 Å². The van der Waals surface area contributed by atoms with Crippen molar-refractivity contribution in [1.82, 2.24) is 4.98 Å². The van der Waals surface area contributed by atoms with Gasteiger partial charge in [0.05, 0.1) is 15.1 Å². The molecule has 0 radical (unpaired) electrons. The van der Waals surface area contributed by atoms with Gasteiger partial charge in [0.1, 0.15) is 17.1 Å². The van der Waals surface area contributed by atoms with Gasteiger partial charge in [-0.1, -0.05) is 34.8 Å². The molecule has 0 saturated heterocycles. The van der Waals surface area contributed by atoms with Crippen molar-refractivity contribution >= 4 is 34.8 Å². The van der Waals surface area contributed by atoms with E-state index in [1.54, 1.807) is 0 Å². The number of alkyl halides is 3. The van der Waals surface area contributed by atoms with Crippen molar-refractivity contribution in [3.05, 3.63) is 45.0 Å². The summed E-state index contributed by atoms with van der Waals surface area (Å²) in [6.07, 6.45) is -4.63. The Bertz CT molecular complexity index is 674. The molecular formula is C12H5Cl3F3NO. The fourth-order valence-electron chi connectivity index (χ4n) is 1.51. The van der Waals surface area contributed by atoms with Crippen molar-refractivity contribution in [2.75, 3.05) is 0 Å². The van der Waals surface area contributed by atoms with Gasteiger partial charge >= 0.3 is 6.18 Å². The number of nitrogens with zero attached hydrogens (tertiary/aromatic N) is 1. The number of hydrogen-bond acceptors (Lipinski definition) is 2. The van der Waals surface area contributed by atoms with Crippen LogP contribution in [0.5, 0.6) is 5.75 Å². The standard InChI is InChI=1S/C12H5Cl3F3NO/c13-6-4-8(15)7(14)3-5(6)11-9(20)1-2-10(19-11)12(16,17)18/h1-4,20H. The molecule has 20 heavy (non-hydrogen) atoms. The van der Waals surface area contributed by atoms with E-state index in [1.807, 2.05) is 0 Å². The van der Waals surface area contributed by atoms with Crippen LogP contribution < -0.4 is 0 Å². The summed E-state index contributed by atoms with van der Waals surface area (Å²) in [6.45, 7) is 0. The number of pyridine rings is 1. The zero-order valence-electron chi connectivity index (χ0n) is 9.47. The summed E-state index contributed by atoms with van der Waals surface area (Å²) in [5, 5.41) is 9.94. The molecule has 0 fully saturated rings. The quantitative estimate of drug-likeness (QED) is 0.701. The van der Waals surface area contributed by atoms with Crippen LogP contribution in [0, 0.1) is 0 Å². The molecule has 0 aliphatic heterocycles. The lowest BCUT2D eigenvalue weighted by Gasteiger charge is -2.11. The van der Waals surface area contributed by atoms with E-state index in [9.17, 15) is 18.3 Å². The highest BCUT2D eigenvalue weighted by atomic mass is 35.5. The van der Waals surface area contributed by atoms with Gasteiger partial charge in [0.25, 0.3) is 0 Å². The first kappa shape index (κ1) is 15.2. The second-order valence-electron chi connectivity index (χ2n) is 3.81. The van der Waals surface area contributed by atoms with E-state index in [0.717, 1.165) is 6.07 Å². The molecular weight excluding hydrogens is 337 g/mol. The van der Waals surface area contributed by atoms with Gasteiger partial charge in [-0.3, -0.25) is 0 Å². The van der Waals surface area contributed by atoms with Crippen LogP contribution in [0.3, 0.4) is 0 Å². The number of aromatic nitrogens is 1. The molecule has 0 atom stereocenters. The fourth-order valence-corrected chi connectivity index (χ4v) is 2.15. The predicted molar refractivity (Wildman–Crippen MR) is 71.4 cm³/mol. The topological polar surface area (TPSA) is 33.1 Å². The van der Waals surface area contributed by atoms with Crippen LogP contribution in [0.25, 0.3) is 11.3 Å². The SMILES string of the molecule is Oc1ccc(C(F)(F)F)nc1-c1cc(Cl)c(Cl)cc1Cl. The average molecular weight is 343 g/mol. The Hall–Kier alpha value is -1.17. The first-order chi connectivity index (χ1) is 9.20. The molecule has 0 aliphatic rings. The molecule has 2 rings (SSSR count). The molecule has 2 nitrogen and oxygen atoms in total. The van der Waals surface area contributed by atoms with Crippen molar-refractivity contribution in [2.24, 2.45) is 0 Å². The van der Waals surface area contributed by atoms with E-state index in [2.05, 4.69) is 4.98 Å². The number of hydrogen-bond donors (Lipinski definition) is 1. The molecule has 0 unspecified atom stereocenters. The summed E-state index contributed by atoms with van der Waals surface area (Å²) >= 11 is 17.4. The smallest absolute Gasteiger partial charge is 0.433 e. The minimum absolute atomic E-state index is 0.0292. The summed E-state index contributed by atoms with van der Waals surface area (Å²) in [4.78, 5) is 3.38. The zero-order chi connectivity index (χ0) is 15.1. The van der Waals surface area contributed by atoms with E-state index in [1.165, 1.54) is 12.1 Å². The van der Waals surface area contributed by atoms with Crippen LogP contribution in [-0.2, 0) is 6.18 Å². The Morgan fingerprint density at radius 1 is 0.950 bits per heavy atom. The maximum absolute atomic E-state index is 12.6. The Balaban J connectivity index is 2.66. The molecule has 1 N–H and O–H groups in total. The second kappa shape index (κ2) is 5.31. The Labute approximate surface area is 126 Å². The average Bonchev–Trinajstić information content (AvgIpc) is 2.33. The molecule has 0 saturated carbocycles. The van der Waals surface area contributed by atoms with Gasteiger partial charge < -0.3 is 5.11 Å². The van der Waals surface area contributed by atoms with E-state index in [0.29, 0.717) is 6.07 Å². The van der Waals surface area contributed by atoms with Crippen molar-refractivity contribution in [2.45, 2.75) is 6.18 Å². The summed E-state index contributed by atoms with van der Waals surface area (Å²) < 4.78 is 37.9. The van der Waals surface area contributed by atoms with Crippen LogP contribution in [0.4, 0.5) is 13.2 Å². The van der Waals surface area contributed by atoms with Gasteiger partial charge in [-0.2, -0.15) is 13.2 Å². The molecule has 2 aromatic rings. The molecule has 1 aromatic carbocycles. The first-order valence-corrected chi connectivity index (χ1v) is 6.25. The summed E-state index contributed by atoms with van der Waals surface area (Å²) in [6, 6.07) is 4.07. The lowest BCUT2D eigenvalue weighted by molar-refractivity contribution is -0.141. The lowest BCUT2D eigenvalue weighted by Crippen LogP contribution is -2.08. The fraction of sp³-hybridized carbons (Fsp3) is 0.0833. The molecule has 0 bridgehead atoms. The molecule has 0 aliphatic carbocycles. The van der Waals surface area contributed by atoms with Gasteiger partial charge in [0.15, 0.2) is 0 Å². The number of aromatic hydroxyl groups is 1. The maximum Gasteiger partial charge on any atom is 0.433 e. The van der Waals surface area contributed by atoms with Crippen LogP contribution in [0.1, 0.15) is 5.69 Å². The minimum atomic E-state index is -4.63. The highest BCUT2D eigenvalue weighted by Gasteiger charge is 2.33. The van der Waals surface area contributed by atoms with E-state index < -0.39 is 17.6 Å². The van der Waals surface area contributed by atoms with Crippen molar-refractivity contribution in [3.8, 4) is 17.0 Å². The molecule has 8 heteroatoms. The normalized spacial score (nSPS) is 11.7. The second-order valence-corrected chi connectivity index (χ2v) is 5.03. The number of halogens is 6. The molecule has 0 amide bonds. The third kappa shape index (κ3) is 2.95. The Morgan fingerprint density at radius 3 is 2.15 bits per heavy atom. The van der Waals surface area contributed by atoms with Gasteiger partial charge in [-0.15, -0.1) is 0 Å². The monoisotopic (exact) mass is 341 g/mol. The predicted octanol–water partition coefficient (Wildman–Crippen LogP) is 5.43. The Morgan fingerprint density at radius 2 is 1.55 bits per heavy atom. The maximum atomic E-state index is 12.6. The van der Waals surface area contributed by atoms with Gasteiger partial charge in [0, 0.05) is 5.56 Å². The third-order valence-electron chi connectivity index (χ3n) is 2.43. The van der Waals surface area contributed by atoms with Crippen molar-refractivity contribution in [3.63, 3.8) is 0 Å². The van der Waals surface area contributed by atoms with Gasteiger partial charge in [-0.25, -0.2) is 4.98 Å². The van der Waals surface area contributed by atoms with Crippen molar-refractivity contribution < 1.29 is 18.3 Å². The van der Waals surface area contributed by atoms with E-state index in [-0.39, 0.29) is 26.3 Å². The number of rotatable bonds is 1. The van der Waals surface area contributed by atoms with Crippen LogP contribution in [-0.4, -0.2) is 10.1 Å². The van der Waals surface area contributed by atoms with Gasteiger partial charge in [0.2, 0.25) is 0 Å². The Kier molecular flexibility index (Phi) is 4.04. The molecule has 1 heterocycles. The van der Waals surface area contributed by atoms with Crippen LogP contribution in [0.2, 0.25) is 15.1 Å². The summed E-state index contributed by atoms with van der Waals surface area (Å²) in [5.41, 5.74) is -1.40. The zero-order valence-corrected chi connectivity index (χ0v) is 11.7. The van der Waals surface area contributed by atoms with Crippen LogP contribution >= 0.6 is 34.8 Å². The summed E-state index contributed by atoms with van der Waals surface area (Å²) in [5.74, 6) is -0.446. The third-order valence-corrected chi connectivity index (χ3v) is 3.46. The molecule has 106 valence electrons. The van der Waals surface area contributed by atoms with Crippen LogP contribution in [0.15, 0.2) is 24.3 Å².